The number of carbonyl (C=O) groups excluding carboxylic acids is 1. The van der Waals surface area contributed by atoms with Crippen LogP contribution in [0.5, 0.6) is 0 Å². The van der Waals surface area contributed by atoms with E-state index in [4.69, 9.17) is 0 Å². The minimum atomic E-state index is -3.80. The molecule has 1 aromatic carbocycles. The fourth-order valence-electron chi connectivity index (χ4n) is 2.26. The summed E-state index contributed by atoms with van der Waals surface area (Å²) in [6.07, 6.45) is 3.23. The molecule has 126 valence electrons. The van der Waals surface area contributed by atoms with E-state index in [0.29, 0.717) is 11.3 Å². The first-order valence-electron chi connectivity index (χ1n) is 7.60. The molecule has 0 aromatic heterocycles. The third-order valence-electron chi connectivity index (χ3n) is 3.52. The standard InChI is InChI=1S/C18H20N2O3S/c1-12(2)16-11-18(21)13(3)10-17(16)19-14(4)20-24(22,23)15-8-6-5-7-9-15/h5-12H,1-4H3. The molecule has 0 atom stereocenters. The number of hydrogen-bond donors (Lipinski definition) is 0. The number of amidine groups is 1. The van der Waals surface area contributed by atoms with Gasteiger partial charge in [-0.25, -0.2) is 4.99 Å². The Bertz CT molecular complexity index is 874. The Morgan fingerprint density at radius 3 is 2.29 bits per heavy atom. The first-order chi connectivity index (χ1) is 11.2. The Kier molecular flexibility index (Phi) is 5.29. The van der Waals surface area contributed by atoms with Gasteiger partial charge < -0.3 is 0 Å². The maximum Gasteiger partial charge on any atom is 0.283 e. The van der Waals surface area contributed by atoms with E-state index in [2.05, 4.69) is 9.39 Å². The van der Waals surface area contributed by atoms with Gasteiger partial charge in [-0.3, -0.25) is 4.79 Å². The Balaban J connectivity index is 2.42. The number of ketones is 1. The number of carbonyl (C=O) groups is 1. The minimum Gasteiger partial charge on any atom is -0.290 e. The lowest BCUT2D eigenvalue weighted by molar-refractivity contribution is -0.111. The van der Waals surface area contributed by atoms with E-state index in [1.54, 1.807) is 37.3 Å². The summed E-state index contributed by atoms with van der Waals surface area (Å²) in [7, 11) is -3.80. The molecule has 6 heteroatoms. The summed E-state index contributed by atoms with van der Waals surface area (Å²) in [4.78, 5) is 16.3. The van der Waals surface area contributed by atoms with Crippen molar-refractivity contribution < 1.29 is 13.2 Å². The molecular weight excluding hydrogens is 324 g/mol. The molecule has 0 bridgehead atoms. The Labute approximate surface area is 142 Å². The molecule has 0 saturated carbocycles. The molecule has 0 heterocycles. The fourth-order valence-corrected chi connectivity index (χ4v) is 3.26. The maximum absolute atomic E-state index is 12.3. The van der Waals surface area contributed by atoms with Crippen LogP contribution in [-0.4, -0.2) is 25.7 Å². The van der Waals surface area contributed by atoms with Gasteiger partial charge in [0, 0.05) is 0 Å². The van der Waals surface area contributed by atoms with Crippen LogP contribution in [0, 0.1) is 5.92 Å². The topological polar surface area (TPSA) is 75.9 Å². The molecule has 0 fully saturated rings. The van der Waals surface area contributed by atoms with E-state index >= 15 is 0 Å². The molecule has 0 aliphatic heterocycles. The van der Waals surface area contributed by atoms with Crippen LogP contribution in [0.2, 0.25) is 0 Å². The summed E-state index contributed by atoms with van der Waals surface area (Å²) in [5.41, 5.74) is 1.92. The molecule has 0 saturated heterocycles. The molecule has 1 aliphatic rings. The van der Waals surface area contributed by atoms with Crippen molar-refractivity contribution in [2.24, 2.45) is 15.3 Å². The van der Waals surface area contributed by atoms with Gasteiger partial charge in [0.1, 0.15) is 5.84 Å². The molecular formula is C18H20N2O3S. The number of rotatable bonds is 3. The van der Waals surface area contributed by atoms with Crippen molar-refractivity contribution in [3.8, 4) is 0 Å². The highest BCUT2D eigenvalue weighted by Crippen LogP contribution is 2.20. The normalized spacial score (nSPS) is 18.0. The molecule has 0 radical (unpaired) electrons. The van der Waals surface area contributed by atoms with Crippen LogP contribution < -0.4 is 0 Å². The summed E-state index contributed by atoms with van der Waals surface area (Å²) < 4.78 is 28.3. The smallest absolute Gasteiger partial charge is 0.283 e. The highest BCUT2D eigenvalue weighted by molar-refractivity contribution is 7.90. The van der Waals surface area contributed by atoms with Crippen molar-refractivity contribution >= 4 is 27.4 Å². The van der Waals surface area contributed by atoms with Gasteiger partial charge in [-0.2, -0.15) is 8.42 Å². The van der Waals surface area contributed by atoms with Crippen molar-refractivity contribution in [3.05, 3.63) is 53.6 Å². The van der Waals surface area contributed by atoms with Gasteiger partial charge in [-0.1, -0.05) is 32.0 Å². The van der Waals surface area contributed by atoms with Crippen molar-refractivity contribution in [3.63, 3.8) is 0 Å². The molecule has 1 aromatic rings. The summed E-state index contributed by atoms with van der Waals surface area (Å²) in [5, 5.41) is 0. The Morgan fingerprint density at radius 2 is 1.71 bits per heavy atom. The van der Waals surface area contributed by atoms with Gasteiger partial charge in [0.05, 0.1) is 10.6 Å². The van der Waals surface area contributed by atoms with Gasteiger partial charge in [0.25, 0.3) is 10.0 Å². The van der Waals surface area contributed by atoms with E-state index in [-0.39, 0.29) is 22.4 Å². The van der Waals surface area contributed by atoms with Crippen molar-refractivity contribution in [1.29, 1.82) is 0 Å². The first-order valence-corrected chi connectivity index (χ1v) is 9.04. The SMILES string of the molecule is CC1=CC(=NC(C)=NS(=O)(=O)c2ccccc2)C(C(C)C)=CC1=O. The van der Waals surface area contributed by atoms with Gasteiger partial charge >= 0.3 is 0 Å². The second-order valence-corrected chi connectivity index (χ2v) is 7.47. The quantitative estimate of drug-likeness (QED) is 0.479. The molecule has 0 amide bonds. The second kappa shape index (κ2) is 7.05. The maximum atomic E-state index is 12.3. The largest absolute Gasteiger partial charge is 0.290 e. The number of aliphatic imine (C=N–C) groups is 1. The zero-order chi connectivity index (χ0) is 17.9. The van der Waals surface area contributed by atoms with Crippen LogP contribution in [0.4, 0.5) is 0 Å². The second-order valence-electron chi connectivity index (χ2n) is 5.87. The number of benzene rings is 1. The van der Waals surface area contributed by atoms with Crippen LogP contribution in [0.25, 0.3) is 0 Å². The first kappa shape index (κ1) is 18.0. The molecule has 0 N–H and O–H groups in total. The highest BCUT2D eigenvalue weighted by Gasteiger charge is 2.19. The molecule has 5 nitrogen and oxygen atoms in total. The third kappa shape index (κ3) is 4.14. The van der Waals surface area contributed by atoms with E-state index in [9.17, 15) is 13.2 Å². The lowest BCUT2D eigenvalue weighted by Gasteiger charge is -2.16. The Hall–Kier alpha value is -2.34. The fraction of sp³-hybridized carbons (Fsp3) is 0.278. The van der Waals surface area contributed by atoms with Crippen LogP contribution in [0.3, 0.4) is 0 Å². The van der Waals surface area contributed by atoms with Crippen LogP contribution in [0.1, 0.15) is 27.7 Å². The average Bonchev–Trinajstić information content (AvgIpc) is 2.50. The van der Waals surface area contributed by atoms with E-state index in [0.717, 1.165) is 5.57 Å². The molecule has 1 aliphatic carbocycles. The third-order valence-corrected chi connectivity index (χ3v) is 4.89. The zero-order valence-corrected chi connectivity index (χ0v) is 15.0. The van der Waals surface area contributed by atoms with Crippen molar-refractivity contribution in [2.45, 2.75) is 32.6 Å². The van der Waals surface area contributed by atoms with Crippen LogP contribution in [-0.2, 0) is 14.8 Å². The average molecular weight is 344 g/mol. The predicted molar refractivity (Wildman–Crippen MR) is 95.9 cm³/mol. The number of hydrogen-bond acceptors (Lipinski definition) is 3. The molecule has 2 rings (SSSR count). The number of nitrogens with zero attached hydrogens (tertiary/aromatic N) is 2. The summed E-state index contributed by atoms with van der Waals surface area (Å²) in [6.45, 7) is 7.15. The Morgan fingerprint density at radius 1 is 1.08 bits per heavy atom. The van der Waals surface area contributed by atoms with Gasteiger partial charge in [-0.05, 0) is 55.2 Å². The summed E-state index contributed by atoms with van der Waals surface area (Å²) in [6, 6.07) is 8.00. The van der Waals surface area contributed by atoms with Crippen LogP contribution in [0.15, 0.2) is 67.9 Å². The van der Waals surface area contributed by atoms with Gasteiger partial charge in [-0.15, -0.1) is 4.40 Å². The zero-order valence-electron chi connectivity index (χ0n) is 14.1. The lowest BCUT2D eigenvalue weighted by Crippen LogP contribution is -2.17. The number of allylic oxidation sites excluding steroid dienone is 4. The van der Waals surface area contributed by atoms with Gasteiger partial charge in [0.2, 0.25) is 0 Å². The summed E-state index contributed by atoms with van der Waals surface area (Å²) in [5.74, 6) is 0.165. The molecule has 0 spiro atoms. The highest BCUT2D eigenvalue weighted by atomic mass is 32.2. The molecule has 24 heavy (non-hydrogen) atoms. The lowest BCUT2D eigenvalue weighted by atomic mass is 9.90. The summed E-state index contributed by atoms with van der Waals surface area (Å²) >= 11 is 0. The monoisotopic (exact) mass is 344 g/mol. The molecule has 0 unspecified atom stereocenters. The van der Waals surface area contributed by atoms with E-state index < -0.39 is 10.0 Å². The predicted octanol–water partition coefficient (Wildman–Crippen LogP) is 3.35. The van der Waals surface area contributed by atoms with Crippen LogP contribution >= 0.6 is 0 Å². The van der Waals surface area contributed by atoms with E-state index in [1.807, 2.05) is 13.8 Å². The number of sulfonamides is 1. The van der Waals surface area contributed by atoms with Crippen molar-refractivity contribution in [1.82, 2.24) is 0 Å². The minimum absolute atomic E-state index is 0.0517. The van der Waals surface area contributed by atoms with Crippen molar-refractivity contribution in [2.75, 3.05) is 0 Å². The van der Waals surface area contributed by atoms with Gasteiger partial charge in [0.15, 0.2) is 5.78 Å². The van der Waals surface area contributed by atoms with E-state index in [1.165, 1.54) is 19.1 Å².